The minimum Gasteiger partial charge on any atom is -0.347 e. The molecule has 0 heterocycles. The number of carbonyl (C=O) groups excluding carboxylic acids is 2. The summed E-state index contributed by atoms with van der Waals surface area (Å²) in [5.74, 6) is -0.361. The van der Waals surface area contributed by atoms with Crippen molar-refractivity contribution in [2.75, 3.05) is 14.1 Å². The number of nitrogens with one attached hydrogen (secondary N) is 1. The van der Waals surface area contributed by atoms with Crippen LogP contribution in [0.3, 0.4) is 0 Å². The molecule has 0 fully saturated rings. The minimum absolute atomic E-state index is 0.145. The molecule has 0 saturated heterocycles. The molecule has 1 aromatic carbocycles. The minimum atomic E-state index is -0.541. The summed E-state index contributed by atoms with van der Waals surface area (Å²) >= 11 is 0. The highest BCUT2D eigenvalue weighted by Gasteiger charge is 2.16. The molecule has 1 aromatic rings. The zero-order valence-electron chi connectivity index (χ0n) is 11.3. The van der Waals surface area contributed by atoms with E-state index in [9.17, 15) is 9.59 Å². The summed E-state index contributed by atoms with van der Waals surface area (Å²) < 4.78 is 0. The van der Waals surface area contributed by atoms with Crippen molar-refractivity contribution in [3.05, 3.63) is 35.4 Å². The smallest absolute Gasteiger partial charge is 0.244 e. The number of hydrogen-bond donors (Lipinski definition) is 1. The van der Waals surface area contributed by atoms with Crippen molar-refractivity contribution < 1.29 is 9.59 Å². The lowest BCUT2D eigenvalue weighted by molar-refractivity contribution is -0.133. The quantitative estimate of drug-likeness (QED) is 0.864. The number of carbonyl (C=O) groups is 2. The molecule has 0 spiro atoms. The molecule has 0 aromatic heterocycles. The molecule has 1 atom stereocenters. The Morgan fingerprint density at radius 1 is 1.32 bits per heavy atom. The molecule has 0 radical (unpaired) electrons. The Kier molecular flexibility index (Phi) is 5.07. The van der Waals surface area contributed by atoms with Crippen LogP contribution in [0.25, 0.3) is 0 Å². The largest absolute Gasteiger partial charge is 0.347 e. The van der Waals surface area contributed by atoms with Crippen LogP contribution < -0.4 is 5.32 Å². The van der Waals surface area contributed by atoms with Crippen LogP contribution in [0.5, 0.6) is 0 Å². The van der Waals surface area contributed by atoms with Gasteiger partial charge in [0, 0.05) is 14.1 Å². The monoisotopic (exact) mass is 259 g/mol. The van der Waals surface area contributed by atoms with Crippen LogP contribution in [0.4, 0.5) is 0 Å². The summed E-state index contributed by atoms with van der Waals surface area (Å²) in [4.78, 5) is 24.8. The maximum absolute atomic E-state index is 11.8. The van der Waals surface area contributed by atoms with Gasteiger partial charge in [-0.3, -0.25) is 9.59 Å². The normalized spacial score (nSPS) is 11.3. The number of likely N-dealkylation sites (N-methyl/N-ethyl adjacent to an activating group) is 1. The Hall–Kier alpha value is -2.35. The third-order valence-electron chi connectivity index (χ3n) is 2.64. The molecule has 1 N–H and O–H groups in total. The van der Waals surface area contributed by atoms with E-state index in [0.717, 1.165) is 5.56 Å². The molecule has 19 heavy (non-hydrogen) atoms. The van der Waals surface area contributed by atoms with E-state index in [2.05, 4.69) is 5.32 Å². The van der Waals surface area contributed by atoms with E-state index in [0.29, 0.717) is 5.56 Å². The van der Waals surface area contributed by atoms with Gasteiger partial charge in [-0.05, 0) is 24.6 Å². The van der Waals surface area contributed by atoms with Crippen molar-refractivity contribution in [2.45, 2.75) is 19.4 Å². The second-order valence-electron chi connectivity index (χ2n) is 4.51. The first-order valence-electron chi connectivity index (χ1n) is 5.93. The third-order valence-corrected chi connectivity index (χ3v) is 2.64. The second-order valence-corrected chi connectivity index (χ2v) is 4.51. The molecule has 1 unspecified atom stereocenters. The van der Waals surface area contributed by atoms with Gasteiger partial charge in [0.15, 0.2) is 0 Å². The SMILES string of the molecule is CC(NC(=O)Cc1ccc(C#N)cc1)C(=O)N(C)C. The van der Waals surface area contributed by atoms with Crippen molar-refractivity contribution >= 4 is 11.8 Å². The number of nitriles is 1. The van der Waals surface area contributed by atoms with Crippen molar-refractivity contribution in [1.82, 2.24) is 10.2 Å². The molecule has 0 aliphatic heterocycles. The lowest BCUT2D eigenvalue weighted by atomic mass is 10.1. The van der Waals surface area contributed by atoms with Crippen LogP contribution in [-0.4, -0.2) is 36.9 Å². The van der Waals surface area contributed by atoms with E-state index in [1.165, 1.54) is 4.90 Å². The van der Waals surface area contributed by atoms with Gasteiger partial charge < -0.3 is 10.2 Å². The predicted molar refractivity (Wildman–Crippen MR) is 71.2 cm³/mol. The summed E-state index contributed by atoms with van der Waals surface area (Å²) in [6.07, 6.45) is 0.191. The van der Waals surface area contributed by atoms with Gasteiger partial charge >= 0.3 is 0 Å². The molecular weight excluding hydrogens is 242 g/mol. The fourth-order valence-corrected chi connectivity index (χ4v) is 1.62. The molecule has 0 saturated carbocycles. The maximum atomic E-state index is 11.8. The zero-order chi connectivity index (χ0) is 14.4. The van der Waals surface area contributed by atoms with Crippen LogP contribution in [0.2, 0.25) is 0 Å². The fraction of sp³-hybridized carbons (Fsp3) is 0.357. The van der Waals surface area contributed by atoms with E-state index in [4.69, 9.17) is 5.26 Å². The van der Waals surface area contributed by atoms with Crippen LogP contribution in [0.15, 0.2) is 24.3 Å². The first-order chi connectivity index (χ1) is 8.93. The van der Waals surface area contributed by atoms with E-state index >= 15 is 0 Å². The Morgan fingerprint density at radius 3 is 2.37 bits per heavy atom. The topological polar surface area (TPSA) is 73.2 Å². The second kappa shape index (κ2) is 6.55. The molecule has 100 valence electrons. The zero-order valence-corrected chi connectivity index (χ0v) is 11.3. The fourth-order valence-electron chi connectivity index (χ4n) is 1.62. The highest BCUT2D eigenvalue weighted by atomic mass is 16.2. The standard InChI is InChI=1S/C14H17N3O2/c1-10(14(19)17(2)3)16-13(18)8-11-4-6-12(9-15)7-5-11/h4-7,10H,8H2,1-3H3,(H,16,18). The molecule has 2 amide bonds. The number of amides is 2. The summed E-state index contributed by atoms with van der Waals surface area (Å²) in [7, 11) is 3.29. The summed E-state index contributed by atoms with van der Waals surface area (Å²) in [6, 6.07) is 8.27. The molecule has 5 nitrogen and oxygen atoms in total. The maximum Gasteiger partial charge on any atom is 0.244 e. The Balaban J connectivity index is 2.55. The summed E-state index contributed by atoms with van der Waals surface area (Å²) in [6.45, 7) is 1.65. The van der Waals surface area contributed by atoms with Crippen molar-refractivity contribution in [3.63, 3.8) is 0 Å². The van der Waals surface area contributed by atoms with Gasteiger partial charge in [0.25, 0.3) is 0 Å². The number of benzene rings is 1. The van der Waals surface area contributed by atoms with Gasteiger partial charge in [-0.2, -0.15) is 5.26 Å². The lowest BCUT2D eigenvalue weighted by Crippen LogP contribution is -2.44. The van der Waals surface area contributed by atoms with Crippen LogP contribution in [0.1, 0.15) is 18.1 Å². The number of nitrogens with zero attached hydrogens (tertiary/aromatic N) is 2. The molecule has 0 bridgehead atoms. The Morgan fingerprint density at radius 2 is 1.89 bits per heavy atom. The van der Waals surface area contributed by atoms with E-state index in [-0.39, 0.29) is 18.2 Å². The summed E-state index contributed by atoms with van der Waals surface area (Å²) in [5, 5.41) is 11.3. The van der Waals surface area contributed by atoms with Gasteiger partial charge in [0.05, 0.1) is 18.1 Å². The van der Waals surface area contributed by atoms with Gasteiger partial charge in [-0.15, -0.1) is 0 Å². The molecule has 0 aliphatic rings. The van der Waals surface area contributed by atoms with Crippen LogP contribution in [-0.2, 0) is 16.0 Å². The van der Waals surface area contributed by atoms with E-state index in [1.54, 1.807) is 45.3 Å². The molecule has 5 heteroatoms. The van der Waals surface area contributed by atoms with Crippen LogP contribution in [0, 0.1) is 11.3 Å². The van der Waals surface area contributed by atoms with Gasteiger partial charge in [-0.25, -0.2) is 0 Å². The van der Waals surface area contributed by atoms with Gasteiger partial charge in [-0.1, -0.05) is 12.1 Å². The Labute approximate surface area is 112 Å². The first-order valence-corrected chi connectivity index (χ1v) is 5.93. The third kappa shape index (κ3) is 4.43. The van der Waals surface area contributed by atoms with Gasteiger partial charge in [0.2, 0.25) is 11.8 Å². The lowest BCUT2D eigenvalue weighted by Gasteiger charge is -2.17. The van der Waals surface area contributed by atoms with E-state index in [1.807, 2.05) is 6.07 Å². The van der Waals surface area contributed by atoms with Gasteiger partial charge in [0.1, 0.15) is 6.04 Å². The van der Waals surface area contributed by atoms with Crippen molar-refractivity contribution in [2.24, 2.45) is 0 Å². The van der Waals surface area contributed by atoms with E-state index < -0.39 is 6.04 Å². The molecule has 0 aliphatic carbocycles. The number of rotatable bonds is 4. The highest BCUT2D eigenvalue weighted by Crippen LogP contribution is 2.04. The average molecular weight is 259 g/mol. The van der Waals surface area contributed by atoms with Crippen LogP contribution >= 0.6 is 0 Å². The van der Waals surface area contributed by atoms with Crippen molar-refractivity contribution in [1.29, 1.82) is 5.26 Å². The number of hydrogen-bond acceptors (Lipinski definition) is 3. The highest BCUT2D eigenvalue weighted by molar-refractivity contribution is 5.87. The molecular formula is C14H17N3O2. The average Bonchev–Trinajstić information content (AvgIpc) is 2.38. The summed E-state index contributed by atoms with van der Waals surface area (Å²) in [5.41, 5.74) is 1.36. The first kappa shape index (κ1) is 14.7. The molecule has 1 rings (SSSR count). The Bertz CT molecular complexity index is 500. The predicted octanol–water partition coefficient (Wildman–Crippen LogP) is 0.694. The van der Waals surface area contributed by atoms with Crippen molar-refractivity contribution in [3.8, 4) is 6.07 Å².